The summed E-state index contributed by atoms with van der Waals surface area (Å²) < 4.78 is 0. The number of hydroxylamine groups is 2. The molecule has 1 heterocycles. The maximum Gasteiger partial charge on any atom is 0.236 e. The first-order chi connectivity index (χ1) is 6.18. The first-order valence-corrected chi connectivity index (χ1v) is 4.85. The topological polar surface area (TPSA) is 41.6 Å². The van der Waals surface area contributed by atoms with Gasteiger partial charge in [-0.25, -0.2) is 0 Å². The van der Waals surface area contributed by atoms with E-state index < -0.39 is 0 Å². The summed E-state index contributed by atoms with van der Waals surface area (Å²) in [5.74, 6) is 0.0388. The lowest BCUT2D eigenvalue weighted by atomic mass is 10.3. The molecule has 0 aromatic rings. The van der Waals surface area contributed by atoms with Crippen LogP contribution in [-0.2, 0) is 9.63 Å². The zero-order valence-electron chi connectivity index (χ0n) is 8.38. The number of hydrogen-bond acceptors (Lipinski definition) is 3. The number of carbonyl (C=O) groups is 1. The van der Waals surface area contributed by atoms with Crippen molar-refractivity contribution >= 4 is 5.91 Å². The fraction of sp³-hybridized carbons (Fsp3) is 0.889. The van der Waals surface area contributed by atoms with Crippen LogP contribution < -0.4 is 5.32 Å². The molecule has 0 aliphatic carbocycles. The predicted octanol–water partition coefficient (Wildman–Crippen LogP) is 0.538. The van der Waals surface area contributed by atoms with E-state index >= 15 is 0 Å². The molecule has 1 rings (SSSR count). The van der Waals surface area contributed by atoms with Crippen molar-refractivity contribution in [3.05, 3.63) is 0 Å². The van der Waals surface area contributed by atoms with E-state index in [4.69, 9.17) is 4.84 Å². The number of carbonyl (C=O) groups excluding carboxylic acids is 1. The highest BCUT2D eigenvalue weighted by Gasteiger charge is 2.14. The van der Waals surface area contributed by atoms with E-state index in [0.717, 1.165) is 26.0 Å². The second-order valence-corrected chi connectivity index (χ2v) is 3.63. The summed E-state index contributed by atoms with van der Waals surface area (Å²) in [6.07, 6.45) is 2.22. The standard InChI is InChI=1S/C9H18N2O2/c1-8(2)10-9(12)7-11-5-3-4-6-13-11/h8H,3-7H2,1-2H3,(H,10,12). The van der Waals surface area contributed by atoms with E-state index in [1.54, 1.807) is 5.06 Å². The van der Waals surface area contributed by atoms with Crippen molar-refractivity contribution in [3.8, 4) is 0 Å². The summed E-state index contributed by atoms with van der Waals surface area (Å²) >= 11 is 0. The Bertz CT molecular complexity index is 165. The van der Waals surface area contributed by atoms with Crippen LogP contribution in [0.1, 0.15) is 26.7 Å². The molecular formula is C9H18N2O2. The van der Waals surface area contributed by atoms with Gasteiger partial charge in [-0.3, -0.25) is 9.63 Å². The lowest BCUT2D eigenvalue weighted by molar-refractivity contribution is -0.184. The van der Waals surface area contributed by atoms with Gasteiger partial charge in [0.15, 0.2) is 0 Å². The first kappa shape index (κ1) is 10.5. The lowest BCUT2D eigenvalue weighted by Gasteiger charge is -2.25. The molecule has 0 atom stereocenters. The van der Waals surface area contributed by atoms with Gasteiger partial charge < -0.3 is 5.32 Å². The molecular weight excluding hydrogens is 168 g/mol. The normalized spacial score (nSPS) is 19.0. The second kappa shape index (κ2) is 5.19. The van der Waals surface area contributed by atoms with Gasteiger partial charge in [0.2, 0.25) is 5.91 Å². The minimum Gasteiger partial charge on any atom is -0.353 e. The molecule has 1 saturated heterocycles. The molecule has 4 nitrogen and oxygen atoms in total. The van der Waals surface area contributed by atoms with Gasteiger partial charge in [-0.05, 0) is 26.7 Å². The third-order valence-corrected chi connectivity index (χ3v) is 1.85. The number of amides is 1. The molecule has 13 heavy (non-hydrogen) atoms. The van der Waals surface area contributed by atoms with Crippen molar-refractivity contribution in [2.24, 2.45) is 0 Å². The SMILES string of the molecule is CC(C)NC(=O)CN1CCCCO1. The molecule has 1 aliphatic rings. The maximum atomic E-state index is 11.3. The van der Waals surface area contributed by atoms with Crippen molar-refractivity contribution in [3.63, 3.8) is 0 Å². The highest BCUT2D eigenvalue weighted by molar-refractivity contribution is 5.78. The Morgan fingerprint density at radius 2 is 2.31 bits per heavy atom. The van der Waals surface area contributed by atoms with Crippen LogP contribution in [0.4, 0.5) is 0 Å². The number of nitrogens with one attached hydrogen (secondary N) is 1. The molecule has 1 amide bonds. The van der Waals surface area contributed by atoms with Crippen LogP contribution in [-0.4, -0.2) is 36.7 Å². The van der Waals surface area contributed by atoms with Crippen molar-refractivity contribution in [1.29, 1.82) is 0 Å². The third kappa shape index (κ3) is 4.24. The zero-order chi connectivity index (χ0) is 9.68. The van der Waals surface area contributed by atoms with Gasteiger partial charge in [-0.2, -0.15) is 5.06 Å². The van der Waals surface area contributed by atoms with Crippen LogP contribution in [0.3, 0.4) is 0 Å². The number of rotatable bonds is 3. The monoisotopic (exact) mass is 186 g/mol. The molecule has 76 valence electrons. The molecule has 1 N–H and O–H groups in total. The maximum absolute atomic E-state index is 11.3. The van der Waals surface area contributed by atoms with E-state index in [0.29, 0.717) is 6.54 Å². The Morgan fingerprint density at radius 3 is 2.85 bits per heavy atom. The Morgan fingerprint density at radius 1 is 1.54 bits per heavy atom. The average molecular weight is 186 g/mol. The van der Waals surface area contributed by atoms with Crippen molar-refractivity contribution in [1.82, 2.24) is 10.4 Å². The molecule has 0 spiro atoms. The van der Waals surface area contributed by atoms with Crippen LogP contribution in [0.25, 0.3) is 0 Å². The van der Waals surface area contributed by atoms with Crippen LogP contribution in [0.5, 0.6) is 0 Å². The smallest absolute Gasteiger partial charge is 0.236 e. The highest BCUT2D eigenvalue weighted by Crippen LogP contribution is 2.04. The molecule has 0 aromatic carbocycles. The van der Waals surface area contributed by atoms with E-state index in [9.17, 15) is 4.79 Å². The molecule has 0 aromatic heterocycles. The minimum absolute atomic E-state index is 0.0388. The number of hydrogen-bond donors (Lipinski definition) is 1. The van der Waals surface area contributed by atoms with Gasteiger partial charge in [0.25, 0.3) is 0 Å². The minimum atomic E-state index is 0.0388. The summed E-state index contributed by atoms with van der Waals surface area (Å²) in [5, 5.41) is 4.57. The number of nitrogens with zero attached hydrogens (tertiary/aromatic N) is 1. The fourth-order valence-electron chi connectivity index (χ4n) is 1.30. The van der Waals surface area contributed by atoms with E-state index in [1.807, 2.05) is 13.8 Å². The van der Waals surface area contributed by atoms with Gasteiger partial charge in [0, 0.05) is 12.6 Å². The molecule has 1 fully saturated rings. The second-order valence-electron chi connectivity index (χ2n) is 3.63. The Kier molecular flexibility index (Phi) is 4.18. The van der Waals surface area contributed by atoms with Crippen LogP contribution in [0, 0.1) is 0 Å². The Balaban J connectivity index is 2.18. The summed E-state index contributed by atoms with van der Waals surface area (Å²) in [6.45, 7) is 5.88. The lowest BCUT2D eigenvalue weighted by Crippen LogP contribution is -2.41. The van der Waals surface area contributed by atoms with Gasteiger partial charge in [-0.1, -0.05) is 0 Å². The van der Waals surface area contributed by atoms with Crippen LogP contribution in [0.2, 0.25) is 0 Å². The summed E-state index contributed by atoms with van der Waals surface area (Å²) in [7, 11) is 0. The average Bonchev–Trinajstić information content (AvgIpc) is 2.04. The van der Waals surface area contributed by atoms with Crippen molar-refractivity contribution < 1.29 is 9.63 Å². The third-order valence-electron chi connectivity index (χ3n) is 1.85. The van der Waals surface area contributed by atoms with Crippen LogP contribution in [0.15, 0.2) is 0 Å². The van der Waals surface area contributed by atoms with Gasteiger partial charge >= 0.3 is 0 Å². The molecule has 1 aliphatic heterocycles. The van der Waals surface area contributed by atoms with Crippen molar-refractivity contribution in [2.45, 2.75) is 32.7 Å². The van der Waals surface area contributed by atoms with E-state index in [2.05, 4.69) is 5.32 Å². The predicted molar refractivity (Wildman–Crippen MR) is 50.0 cm³/mol. The molecule has 0 unspecified atom stereocenters. The van der Waals surface area contributed by atoms with Crippen LogP contribution >= 0.6 is 0 Å². The van der Waals surface area contributed by atoms with E-state index in [1.165, 1.54) is 0 Å². The molecule has 0 radical (unpaired) electrons. The van der Waals surface area contributed by atoms with Gasteiger partial charge in [-0.15, -0.1) is 0 Å². The summed E-state index contributed by atoms with van der Waals surface area (Å²) in [5.41, 5.74) is 0. The van der Waals surface area contributed by atoms with Gasteiger partial charge in [0.1, 0.15) is 6.54 Å². The zero-order valence-corrected chi connectivity index (χ0v) is 8.38. The largest absolute Gasteiger partial charge is 0.353 e. The summed E-state index contributed by atoms with van der Waals surface area (Å²) in [6, 6.07) is 0.206. The molecule has 4 heteroatoms. The summed E-state index contributed by atoms with van der Waals surface area (Å²) in [4.78, 5) is 16.6. The van der Waals surface area contributed by atoms with E-state index in [-0.39, 0.29) is 11.9 Å². The van der Waals surface area contributed by atoms with Crippen molar-refractivity contribution in [2.75, 3.05) is 19.7 Å². The fourth-order valence-corrected chi connectivity index (χ4v) is 1.30. The quantitative estimate of drug-likeness (QED) is 0.699. The molecule has 0 bridgehead atoms. The highest BCUT2D eigenvalue weighted by atomic mass is 16.7. The van der Waals surface area contributed by atoms with Gasteiger partial charge in [0.05, 0.1) is 6.61 Å². The Hall–Kier alpha value is -0.610. The Labute approximate surface area is 79.2 Å². The first-order valence-electron chi connectivity index (χ1n) is 4.85. The molecule has 0 saturated carbocycles.